The number of likely N-dealkylation sites (N-methyl/N-ethyl adjacent to an activating group) is 2. The summed E-state index contributed by atoms with van der Waals surface area (Å²) in [6.07, 6.45) is 0. The third-order valence-electron chi connectivity index (χ3n) is 3.48. The summed E-state index contributed by atoms with van der Waals surface area (Å²) in [4.78, 5) is 2.41. The van der Waals surface area contributed by atoms with E-state index in [0.29, 0.717) is 12.8 Å². The molecule has 0 spiro atoms. The summed E-state index contributed by atoms with van der Waals surface area (Å²) in [6.45, 7) is 7.85. The van der Waals surface area contributed by atoms with Gasteiger partial charge in [0, 0.05) is 12.6 Å². The fraction of sp³-hybridized carbons (Fsp3) is 0.571. The topological polar surface area (TPSA) is 33.7 Å². The van der Waals surface area contributed by atoms with Crippen molar-refractivity contribution in [3.05, 3.63) is 23.8 Å². The van der Waals surface area contributed by atoms with Crippen molar-refractivity contribution in [3.63, 3.8) is 0 Å². The fourth-order valence-electron chi connectivity index (χ4n) is 2.23. The summed E-state index contributed by atoms with van der Waals surface area (Å²) in [5.74, 6) is 1.70. The molecule has 1 aliphatic rings. The maximum absolute atomic E-state index is 5.43. The number of benzene rings is 1. The average Bonchev–Trinajstić information content (AvgIpc) is 2.87. The van der Waals surface area contributed by atoms with Crippen LogP contribution in [-0.2, 0) is 0 Å². The molecule has 1 aliphatic heterocycles. The Morgan fingerprint density at radius 1 is 1.22 bits per heavy atom. The van der Waals surface area contributed by atoms with Crippen LogP contribution in [0.25, 0.3) is 0 Å². The Bertz CT molecular complexity index is 391. The molecule has 0 aromatic heterocycles. The Labute approximate surface area is 109 Å². The van der Waals surface area contributed by atoms with E-state index < -0.39 is 0 Å². The largest absolute Gasteiger partial charge is 0.454 e. The van der Waals surface area contributed by atoms with E-state index >= 15 is 0 Å². The smallest absolute Gasteiger partial charge is 0.231 e. The lowest BCUT2D eigenvalue weighted by atomic mass is 10.1. The van der Waals surface area contributed by atoms with E-state index in [4.69, 9.17) is 9.47 Å². The summed E-state index contributed by atoms with van der Waals surface area (Å²) in [5.41, 5.74) is 1.24. The molecule has 0 amide bonds. The summed E-state index contributed by atoms with van der Waals surface area (Å²) >= 11 is 0. The SMILES string of the molecule is CCN(CC)CC(NC)c1ccc2c(c1)OCO2. The van der Waals surface area contributed by atoms with Crippen molar-refractivity contribution in [2.24, 2.45) is 0 Å². The number of rotatable bonds is 6. The number of hydrogen-bond acceptors (Lipinski definition) is 4. The van der Waals surface area contributed by atoms with Gasteiger partial charge in [0.05, 0.1) is 0 Å². The van der Waals surface area contributed by atoms with Crippen molar-refractivity contribution < 1.29 is 9.47 Å². The van der Waals surface area contributed by atoms with Crippen molar-refractivity contribution in [1.29, 1.82) is 0 Å². The van der Waals surface area contributed by atoms with Gasteiger partial charge in [-0.05, 0) is 37.8 Å². The van der Waals surface area contributed by atoms with Crippen molar-refractivity contribution in [3.8, 4) is 11.5 Å². The van der Waals surface area contributed by atoms with Crippen molar-refractivity contribution in [2.45, 2.75) is 19.9 Å². The molecule has 1 unspecified atom stereocenters. The van der Waals surface area contributed by atoms with E-state index in [1.165, 1.54) is 5.56 Å². The average molecular weight is 250 g/mol. The molecule has 0 saturated carbocycles. The van der Waals surface area contributed by atoms with E-state index in [-0.39, 0.29) is 0 Å². The highest BCUT2D eigenvalue weighted by molar-refractivity contribution is 5.45. The van der Waals surface area contributed by atoms with Crippen LogP contribution >= 0.6 is 0 Å². The normalized spacial score (nSPS) is 15.1. The Morgan fingerprint density at radius 2 is 1.94 bits per heavy atom. The third kappa shape index (κ3) is 2.76. The minimum Gasteiger partial charge on any atom is -0.454 e. The van der Waals surface area contributed by atoms with Gasteiger partial charge < -0.3 is 19.7 Å². The zero-order valence-corrected chi connectivity index (χ0v) is 11.4. The van der Waals surface area contributed by atoms with Crippen LogP contribution in [0, 0.1) is 0 Å². The molecule has 1 atom stereocenters. The van der Waals surface area contributed by atoms with Gasteiger partial charge in [-0.2, -0.15) is 0 Å². The maximum atomic E-state index is 5.43. The zero-order valence-electron chi connectivity index (χ0n) is 11.4. The van der Waals surface area contributed by atoms with Crippen LogP contribution in [0.3, 0.4) is 0 Å². The van der Waals surface area contributed by atoms with Crippen LogP contribution in [0.2, 0.25) is 0 Å². The van der Waals surface area contributed by atoms with Crippen LogP contribution < -0.4 is 14.8 Å². The Hall–Kier alpha value is -1.26. The van der Waals surface area contributed by atoms with Crippen molar-refractivity contribution in [1.82, 2.24) is 10.2 Å². The number of fused-ring (bicyclic) bond motifs is 1. The fourth-order valence-corrected chi connectivity index (χ4v) is 2.23. The molecule has 0 saturated heterocycles. The first-order valence-corrected chi connectivity index (χ1v) is 6.57. The van der Waals surface area contributed by atoms with Crippen LogP contribution in [0.4, 0.5) is 0 Å². The van der Waals surface area contributed by atoms with Gasteiger partial charge in [0.15, 0.2) is 11.5 Å². The van der Waals surface area contributed by atoms with Crippen molar-refractivity contribution in [2.75, 3.05) is 33.5 Å². The molecular weight excluding hydrogens is 228 g/mol. The molecule has 0 aliphatic carbocycles. The number of nitrogens with zero attached hydrogens (tertiary/aromatic N) is 1. The quantitative estimate of drug-likeness (QED) is 0.837. The Morgan fingerprint density at radius 3 is 2.61 bits per heavy atom. The molecule has 0 fully saturated rings. The first kappa shape index (κ1) is 13.2. The highest BCUT2D eigenvalue weighted by atomic mass is 16.7. The summed E-state index contributed by atoms with van der Waals surface area (Å²) in [7, 11) is 2.00. The van der Waals surface area contributed by atoms with Crippen LogP contribution in [0.15, 0.2) is 18.2 Å². The zero-order chi connectivity index (χ0) is 13.0. The molecule has 1 aromatic carbocycles. The van der Waals surface area contributed by atoms with Crippen LogP contribution in [0.1, 0.15) is 25.5 Å². The second-order valence-corrected chi connectivity index (χ2v) is 4.44. The second-order valence-electron chi connectivity index (χ2n) is 4.44. The van der Waals surface area contributed by atoms with E-state index in [2.05, 4.69) is 36.2 Å². The molecule has 0 radical (unpaired) electrons. The Balaban J connectivity index is 2.12. The van der Waals surface area contributed by atoms with Gasteiger partial charge in [-0.15, -0.1) is 0 Å². The molecule has 100 valence electrons. The van der Waals surface area contributed by atoms with Crippen LogP contribution in [-0.4, -0.2) is 38.4 Å². The lowest BCUT2D eigenvalue weighted by Crippen LogP contribution is -2.33. The number of hydrogen-bond donors (Lipinski definition) is 1. The molecule has 4 heteroatoms. The van der Waals surface area contributed by atoms with Gasteiger partial charge in [-0.1, -0.05) is 19.9 Å². The maximum Gasteiger partial charge on any atom is 0.231 e. The second kappa shape index (κ2) is 6.07. The molecule has 2 rings (SSSR count). The third-order valence-corrected chi connectivity index (χ3v) is 3.48. The lowest BCUT2D eigenvalue weighted by Gasteiger charge is -2.25. The van der Waals surface area contributed by atoms with E-state index in [0.717, 1.165) is 31.1 Å². The monoisotopic (exact) mass is 250 g/mol. The van der Waals surface area contributed by atoms with Gasteiger partial charge >= 0.3 is 0 Å². The summed E-state index contributed by atoms with van der Waals surface area (Å²) in [6, 6.07) is 6.49. The summed E-state index contributed by atoms with van der Waals surface area (Å²) < 4.78 is 10.8. The minimum absolute atomic E-state index is 0.319. The molecule has 1 aromatic rings. The number of ether oxygens (including phenoxy) is 2. The summed E-state index contributed by atoms with van der Waals surface area (Å²) in [5, 5.41) is 3.37. The van der Waals surface area contributed by atoms with Crippen molar-refractivity contribution >= 4 is 0 Å². The van der Waals surface area contributed by atoms with Gasteiger partial charge in [-0.3, -0.25) is 0 Å². The van der Waals surface area contributed by atoms with Gasteiger partial charge in [-0.25, -0.2) is 0 Å². The van der Waals surface area contributed by atoms with Gasteiger partial charge in [0.25, 0.3) is 0 Å². The van der Waals surface area contributed by atoms with E-state index in [1.54, 1.807) is 0 Å². The number of nitrogens with one attached hydrogen (secondary N) is 1. The highest BCUT2D eigenvalue weighted by Gasteiger charge is 2.18. The predicted octanol–water partition coefficient (Wildman–Crippen LogP) is 2.02. The van der Waals surface area contributed by atoms with E-state index in [1.807, 2.05) is 13.1 Å². The first-order valence-electron chi connectivity index (χ1n) is 6.57. The minimum atomic E-state index is 0.319. The highest BCUT2D eigenvalue weighted by Crippen LogP contribution is 2.34. The molecular formula is C14H22N2O2. The van der Waals surface area contributed by atoms with Gasteiger partial charge in [0.1, 0.15) is 0 Å². The standard InChI is InChI=1S/C14H22N2O2/c1-4-16(5-2)9-12(15-3)11-6-7-13-14(8-11)18-10-17-13/h6-8,12,15H,4-5,9-10H2,1-3H3. The molecule has 1 N–H and O–H groups in total. The lowest BCUT2D eigenvalue weighted by molar-refractivity contribution is 0.174. The molecule has 18 heavy (non-hydrogen) atoms. The molecule has 1 heterocycles. The van der Waals surface area contributed by atoms with Gasteiger partial charge in [0.2, 0.25) is 6.79 Å². The first-order chi connectivity index (χ1) is 8.78. The predicted molar refractivity (Wildman–Crippen MR) is 72.2 cm³/mol. The molecule has 4 nitrogen and oxygen atoms in total. The molecule has 0 bridgehead atoms. The Kier molecular flexibility index (Phi) is 4.44. The van der Waals surface area contributed by atoms with E-state index in [9.17, 15) is 0 Å². The van der Waals surface area contributed by atoms with Crippen LogP contribution in [0.5, 0.6) is 11.5 Å².